The molecule has 1 unspecified atom stereocenters. The van der Waals surface area contributed by atoms with Gasteiger partial charge in [-0.1, -0.05) is 111 Å². The van der Waals surface area contributed by atoms with Gasteiger partial charge in [0.25, 0.3) is 0 Å². The first-order chi connectivity index (χ1) is 21.6. The Labute approximate surface area is 275 Å². The lowest BCUT2D eigenvalue weighted by Crippen LogP contribution is -2.29. The maximum atomic E-state index is 6.81. The second-order valence-electron chi connectivity index (χ2n) is 11.7. The van der Waals surface area contributed by atoms with Gasteiger partial charge in [0.15, 0.2) is 0 Å². The highest BCUT2D eigenvalue weighted by Crippen LogP contribution is 2.56. The zero-order valence-electron chi connectivity index (χ0n) is 25.5. The second-order valence-corrected chi connectivity index (χ2v) is 11.7. The van der Waals surface area contributed by atoms with Crippen molar-refractivity contribution in [2.75, 3.05) is 0 Å². The SMILES string of the molecule is [B]C/C(=C([B])\C([B])=C(\[B])C)C1(c2ccc(-c3cccc4c3oc3ccccc34)cc2)C/C(=C([B])\C([B])=C(\[B])C)c2ccccc21. The van der Waals surface area contributed by atoms with Crippen LogP contribution in [0.1, 0.15) is 37.0 Å². The third-order valence-corrected chi connectivity index (χ3v) is 9.05. The summed E-state index contributed by atoms with van der Waals surface area (Å²) in [5.74, 6) is 0. The van der Waals surface area contributed by atoms with Gasteiger partial charge in [-0.15, -0.1) is 32.8 Å². The molecule has 0 bridgehead atoms. The molecule has 1 atom stereocenters. The van der Waals surface area contributed by atoms with Crippen LogP contribution >= 0.6 is 0 Å². The molecule has 0 fully saturated rings. The lowest BCUT2D eigenvalue weighted by molar-refractivity contribution is 0.642. The summed E-state index contributed by atoms with van der Waals surface area (Å²) in [5.41, 5.74) is 9.64. The smallest absolute Gasteiger partial charge is 0.143 e. The molecule has 0 N–H and O–H groups in total. The van der Waals surface area contributed by atoms with Crippen LogP contribution in [0.15, 0.2) is 134 Å². The lowest BCUT2D eigenvalue weighted by Gasteiger charge is -2.37. The monoisotopic (exact) mass is 562 g/mol. The molecule has 4 aromatic carbocycles. The number of rotatable bonds is 6. The Morgan fingerprint density at radius 2 is 1.29 bits per heavy atom. The quantitative estimate of drug-likeness (QED) is 0.161. The summed E-state index contributed by atoms with van der Waals surface area (Å²) >= 11 is 0. The zero-order chi connectivity index (χ0) is 32.0. The van der Waals surface area contributed by atoms with Crippen molar-refractivity contribution in [1.82, 2.24) is 0 Å². The molecular weight excluding hydrogens is 536 g/mol. The Bertz CT molecular complexity index is 2090. The number of hydrogen-bond donors (Lipinski definition) is 0. The summed E-state index contributed by atoms with van der Waals surface area (Å²) in [6.07, 6.45) is 0.567. The van der Waals surface area contributed by atoms with Crippen molar-refractivity contribution < 1.29 is 4.42 Å². The van der Waals surface area contributed by atoms with Gasteiger partial charge >= 0.3 is 0 Å². The molecule has 0 aliphatic heterocycles. The minimum Gasteiger partial charge on any atom is -0.455 e. The minimum atomic E-state index is -0.817. The largest absolute Gasteiger partial charge is 0.455 e. The van der Waals surface area contributed by atoms with Gasteiger partial charge in [0.1, 0.15) is 58.2 Å². The molecule has 1 aromatic heterocycles. The first kappa shape index (κ1) is 31.1. The van der Waals surface area contributed by atoms with Crippen LogP contribution < -0.4 is 0 Å². The third-order valence-electron chi connectivity index (χ3n) is 9.05. The van der Waals surface area contributed by atoms with Crippen molar-refractivity contribution in [2.45, 2.75) is 32.0 Å². The average Bonchev–Trinajstić information content (AvgIpc) is 3.61. The van der Waals surface area contributed by atoms with Crippen molar-refractivity contribution in [3.8, 4) is 11.1 Å². The zero-order valence-corrected chi connectivity index (χ0v) is 25.5. The molecule has 1 nitrogen and oxygen atoms in total. The van der Waals surface area contributed by atoms with E-state index in [0.29, 0.717) is 39.3 Å². The van der Waals surface area contributed by atoms with Crippen LogP contribution in [0.25, 0.3) is 38.6 Å². The van der Waals surface area contributed by atoms with Gasteiger partial charge in [0, 0.05) is 21.8 Å². The highest BCUT2D eigenvalue weighted by molar-refractivity contribution is 6.43. The normalized spacial score (nSPS) is 19.2. The van der Waals surface area contributed by atoms with Gasteiger partial charge in [0.2, 0.25) is 0 Å². The van der Waals surface area contributed by atoms with E-state index in [1.165, 1.54) is 0 Å². The topological polar surface area (TPSA) is 13.1 Å². The molecule has 0 saturated heterocycles. The fourth-order valence-electron chi connectivity index (χ4n) is 6.69. The summed E-state index contributed by atoms with van der Waals surface area (Å²) in [5, 5.41) is 2.15. The highest BCUT2D eigenvalue weighted by atomic mass is 16.3. The fraction of sp³-hybridized carbons (Fsp3) is 0.135. The Hall–Kier alpha value is -3.91. The first-order valence-electron chi connectivity index (χ1n) is 14.8. The van der Waals surface area contributed by atoms with Crippen molar-refractivity contribution in [2.24, 2.45) is 0 Å². The molecule has 14 radical (unpaired) electrons. The molecule has 200 valence electrons. The van der Waals surface area contributed by atoms with E-state index in [2.05, 4.69) is 54.6 Å². The summed E-state index contributed by atoms with van der Waals surface area (Å²) in [7, 11) is 45.2. The van der Waals surface area contributed by atoms with Crippen molar-refractivity contribution in [3.05, 3.63) is 146 Å². The van der Waals surface area contributed by atoms with Crippen LogP contribution in [0.3, 0.4) is 0 Å². The van der Waals surface area contributed by atoms with Crippen LogP contribution in [-0.4, -0.2) is 54.9 Å². The molecule has 8 heteroatoms. The summed E-state index contributed by atoms with van der Waals surface area (Å²) in [6.45, 7) is 3.45. The number of furan rings is 1. The Morgan fingerprint density at radius 1 is 0.667 bits per heavy atom. The van der Waals surface area contributed by atoms with Crippen molar-refractivity contribution in [3.63, 3.8) is 0 Å². The van der Waals surface area contributed by atoms with Crippen LogP contribution in [0.2, 0.25) is 6.32 Å². The molecular formula is C37H25B7O. The van der Waals surface area contributed by atoms with Gasteiger partial charge < -0.3 is 4.42 Å². The van der Waals surface area contributed by atoms with E-state index in [0.717, 1.165) is 60.9 Å². The molecule has 1 aliphatic rings. The highest BCUT2D eigenvalue weighted by Gasteiger charge is 2.45. The van der Waals surface area contributed by atoms with Crippen LogP contribution in [0.5, 0.6) is 0 Å². The molecule has 6 rings (SSSR count). The summed E-state index contributed by atoms with van der Waals surface area (Å²) in [6, 6.07) is 30.8. The van der Waals surface area contributed by atoms with E-state index >= 15 is 0 Å². The van der Waals surface area contributed by atoms with E-state index < -0.39 is 5.41 Å². The van der Waals surface area contributed by atoms with E-state index in [9.17, 15) is 0 Å². The van der Waals surface area contributed by atoms with Gasteiger partial charge in [-0.05, 0) is 40.3 Å². The minimum absolute atomic E-state index is 0.128. The maximum Gasteiger partial charge on any atom is 0.143 e. The molecule has 5 aromatic rings. The van der Waals surface area contributed by atoms with Gasteiger partial charge in [-0.25, -0.2) is 0 Å². The standard InChI is InChI=1S/C37H25B7O/c1-20(39)32(41)34(43)28-18-37(29-12-5-3-8-25(28)29,30(19-38)35(44)33(42)21(2)40)23-16-14-22(15-17-23)24-10-7-11-27-26-9-4-6-13-31(26)45-36(24)27/h3-17H,18-19H2,1-2H3/b32-20-,33-21-,34-28-,35-30-. The van der Waals surface area contributed by atoms with E-state index in [-0.39, 0.29) is 6.32 Å². The predicted octanol–water partition coefficient (Wildman–Crippen LogP) is 6.97. The first-order valence-corrected chi connectivity index (χ1v) is 14.8. The second kappa shape index (κ2) is 12.1. The molecule has 1 aliphatic carbocycles. The lowest BCUT2D eigenvalue weighted by atomic mass is 9.58. The third kappa shape index (κ3) is 5.07. The van der Waals surface area contributed by atoms with Gasteiger partial charge in [-0.3, -0.25) is 0 Å². The Balaban J connectivity index is 1.61. The number of para-hydroxylation sites is 2. The molecule has 45 heavy (non-hydrogen) atoms. The maximum absolute atomic E-state index is 6.81. The van der Waals surface area contributed by atoms with Crippen LogP contribution in [0, 0.1) is 0 Å². The summed E-state index contributed by atoms with van der Waals surface area (Å²) < 4.78 is 6.33. The molecule has 0 saturated carbocycles. The Morgan fingerprint density at radius 3 is 1.98 bits per heavy atom. The van der Waals surface area contributed by atoms with Gasteiger partial charge in [-0.2, -0.15) is 0 Å². The molecule has 0 spiro atoms. The van der Waals surface area contributed by atoms with Crippen LogP contribution in [-0.2, 0) is 5.41 Å². The molecule has 1 heterocycles. The van der Waals surface area contributed by atoms with Crippen molar-refractivity contribution >= 4 is 82.4 Å². The average molecular weight is 561 g/mol. The van der Waals surface area contributed by atoms with E-state index in [4.69, 9.17) is 59.3 Å². The Kier molecular flexibility index (Phi) is 8.38. The van der Waals surface area contributed by atoms with Crippen molar-refractivity contribution in [1.29, 1.82) is 0 Å². The number of allylic oxidation sites excluding steroid dienone is 8. The van der Waals surface area contributed by atoms with E-state index in [1.807, 2.05) is 36.4 Å². The fourth-order valence-corrected chi connectivity index (χ4v) is 6.69. The van der Waals surface area contributed by atoms with Gasteiger partial charge in [0.05, 0.1) is 7.85 Å². The van der Waals surface area contributed by atoms with Crippen LogP contribution in [0.4, 0.5) is 0 Å². The summed E-state index contributed by atoms with van der Waals surface area (Å²) in [4.78, 5) is 0. The predicted molar refractivity (Wildman–Crippen MR) is 195 cm³/mol. The molecule has 0 amide bonds. The van der Waals surface area contributed by atoms with E-state index in [1.54, 1.807) is 13.8 Å². The number of fused-ring (bicyclic) bond motifs is 4. The number of benzene rings is 4. The number of hydrogen-bond acceptors (Lipinski definition) is 1.